The zero-order chi connectivity index (χ0) is 14.8. The van der Waals surface area contributed by atoms with Gasteiger partial charge in [-0.25, -0.2) is 0 Å². The van der Waals surface area contributed by atoms with Crippen LogP contribution in [0.2, 0.25) is 0 Å². The molecule has 1 N–H and O–H groups in total. The quantitative estimate of drug-likeness (QED) is 0.748. The molecule has 0 bridgehead atoms. The predicted octanol–water partition coefficient (Wildman–Crippen LogP) is 4.27. The Bertz CT molecular complexity index is 505. The molecule has 0 aromatic heterocycles. The number of halogens is 2. The lowest BCUT2D eigenvalue weighted by atomic mass is 10.1. The lowest BCUT2D eigenvalue weighted by Gasteiger charge is -2.21. The van der Waals surface area contributed by atoms with Crippen LogP contribution < -0.4 is 10.1 Å². The third-order valence-electron chi connectivity index (χ3n) is 4.15. The molecule has 0 spiro atoms. The number of hydrogen-bond donors (Lipinski definition) is 1. The van der Waals surface area contributed by atoms with Gasteiger partial charge < -0.3 is 14.8 Å². The van der Waals surface area contributed by atoms with Gasteiger partial charge in [-0.3, -0.25) is 0 Å². The lowest BCUT2D eigenvalue weighted by Crippen LogP contribution is -2.37. The summed E-state index contributed by atoms with van der Waals surface area (Å²) >= 11 is 7.15. The average molecular weight is 419 g/mol. The van der Waals surface area contributed by atoms with Crippen molar-refractivity contribution >= 4 is 31.9 Å². The second-order valence-corrected chi connectivity index (χ2v) is 7.53. The fourth-order valence-electron chi connectivity index (χ4n) is 3.01. The molecular formula is C16H21Br2NO2. The summed E-state index contributed by atoms with van der Waals surface area (Å²) in [4.78, 5) is 0. The number of benzene rings is 1. The van der Waals surface area contributed by atoms with Crippen LogP contribution in [0.25, 0.3) is 0 Å². The van der Waals surface area contributed by atoms with E-state index in [1.54, 1.807) is 0 Å². The minimum absolute atomic E-state index is 0.413. The van der Waals surface area contributed by atoms with Crippen molar-refractivity contribution in [3.8, 4) is 5.75 Å². The highest BCUT2D eigenvalue weighted by Gasteiger charge is 2.40. The van der Waals surface area contributed by atoms with E-state index in [0.717, 1.165) is 40.2 Å². The zero-order valence-corrected chi connectivity index (χ0v) is 15.4. The Balaban J connectivity index is 1.69. The first-order chi connectivity index (χ1) is 10.2. The van der Waals surface area contributed by atoms with Gasteiger partial charge in [0.1, 0.15) is 5.75 Å². The van der Waals surface area contributed by atoms with Gasteiger partial charge in [-0.1, -0.05) is 15.9 Å². The Hall–Kier alpha value is -0.100. The zero-order valence-electron chi connectivity index (χ0n) is 12.2. The highest BCUT2D eigenvalue weighted by Crippen LogP contribution is 2.39. The fraction of sp³-hybridized carbons (Fsp3) is 0.625. The van der Waals surface area contributed by atoms with E-state index in [4.69, 9.17) is 9.47 Å². The molecule has 0 radical (unpaired) electrons. The Kier molecular flexibility index (Phi) is 5.25. The largest absolute Gasteiger partial charge is 0.492 e. The van der Waals surface area contributed by atoms with E-state index in [9.17, 15) is 0 Å². The molecule has 2 unspecified atom stereocenters. The van der Waals surface area contributed by atoms with Crippen molar-refractivity contribution in [2.24, 2.45) is 5.92 Å². The Morgan fingerprint density at radius 3 is 2.81 bits per heavy atom. The monoisotopic (exact) mass is 417 g/mol. The van der Waals surface area contributed by atoms with Crippen LogP contribution in [0.5, 0.6) is 5.75 Å². The smallest absolute Gasteiger partial charge is 0.138 e. The molecule has 2 aliphatic rings. The molecule has 1 heterocycles. The summed E-state index contributed by atoms with van der Waals surface area (Å²) in [6, 6.07) is 4.63. The Morgan fingerprint density at radius 2 is 2.10 bits per heavy atom. The molecule has 1 aliphatic carbocycles. The molecule has 3 nitrogen and oxygen atoms in total. The standard InChI is InChI=1S/C16H21Br2NO2/c1-2-20-15-11(7-12(17)8-13(15)18)9-19-14-5-6-21-16(14)10-3-4-10/h7-8,10,14,16,19H,2-6,9H2,1H3. The third-order valence-corrected chi connectivity index (χ3v) is 5.20. The van der Waals surface area contributed by atoms with Crippen LogP contribution in [0.1, 0.15) is 31.7 Å². The van der Waals surface area contributed by atoms with E-state index >= 15 is 0 Å². The summed E-state index contributed by atoms with van der Waals surface area (Å²) in [5, 5.41) is 3.68. The summed E-state index contributed by atoms with van der Waals surface area (Å²) in [6.45, 7) is 4.38. The van der Waals surface area contributed by atoms with Crippen LogP contribution in [0.4, 0.5) is 0 Å². The van der Waals surface area contributed by atoms with Crippen LogP contribution in [-0.2, 0) is 11.3 Å². The van der Waals surface area contributed by atoms with Crippen LogP contribution in [-0.4, -0.2) is 25.4 Å². The number of nitrogens with one attached hydrogen (secondary N) is 1. The molecule has 1 saturated heterocycles. The topological polar surface area (TPSA) is 30.5 Å². The van der Waals surface area contributed by atoms with Gasteiger partial charge >= 0.3 is 0 Å². The molecule has 1 aromatic carbocycles. The number of hydrogen-bond acceptors (Lipinski definition) is 3. The molecule has 116 valence electrons. The highest BCUT2D eigenvalue weighted by atomic mass is 79.9. The van der Waals surface area contributed by atoms with Crippen molar-refractivity contribution < 1.29 is 9.47 Å². The maximum absolute atomic E-state index is 5.89. The van der Waals surface area contributed by atoms with E-state index in [2.05, 4.69) is 43.2 Å². The maximum atomic E-state index is 5.89. The predicted molar refractivity (Wildman–Crippen MR) is 90.7 cm³/mol. The molecule has 1 aliphatic heterocycles. The first kappa shape index (κ1) is 15.8. The summed E-state index contributed by atoms with van der Waals surface area (Å²) in [5.41, 5.74) is 1.18. The highest BCUT2D eigenvalue weighted by molar-refractivity contribution is 9.11. The van der Waals surface area contributed by atoms with E-state index < -0.39 is 0 Å². The summed E-state index contributed by atoms with van der Waals surface area (Å²) in [7, 11) is 0. The van der Waals surface area contributed by atoms with Gasteiger partial charge in [0, 0.05) is 29.2 Å². The molecular weight excluding hydrogens is 398 g/mol. The molecule has 2 atom stereocenters. The van der Waals surface area contributed by atoms with Crippen LogP contribution in [0.3, 0.4) is 0 Å². The van der Waals surface area contributed by atoms with Gasteiger partial charge in [0.05, 0.1) is 17.2 Å². The summed E-state index contributed by atoms with van der Waals surface area (Å²) < 4.78 is 13.7. The molecule has 0 amide bonds. The number of rotatable bonds is 6. The second kappa shape index (κ2) is 6.99. The van der Waals surface area contributed by atoms with Crippen LogP contribution in [0, 0.1) is 5.92 Å². The average Bonchev–Trinajstić information content (AvgIpc) is 3.19. The number of ether oxygens (including phenoxy) is 2. The summed E-state index contributed by atoms with van der Waals surface area (Å²) in [5.74, 6) is 1.72. The molecule has 2 fully saturated rings. The van der Waals surface area contributed by atoms with Crippen molar-refractivity contribution in [1.82, 2.24) is 5.32 Å². The van der Waals surface area contributed by atoms with Crippen molar-refractivity contribution in [3.63, 3.8) is 0 Å². The van der Waals surface area contributed by atoms with Crippen LogP contribution in [0.15, 0.2) is 21.1 Å². The van der Waals surface area contributed by atoms with Gasteiger partial charge in [-0.2, -0.15) is 0 Å². The molecule has 3 rings (SSSR count). The Morgan fingerprint density at radius 1 is 1.29 bits per heavy atom. The Labute approximate surface area is 143 Å². The van der Waals surface area contributed by atoms with Crippen molar-refractivity contribution in [3.05, 3.63) is 26.6 Å². The fourth-order valence-corrected chi connectivity index (χ4v) is 4.44. The van der Waals surface area contributed by atoms with Gasteiger partial charge in [0.15, 0.2) is 0 Å². The van der Waals surface area contributed by atoms with E-state index in [1.807, 2.05) is 13.0 Å². The van der Waals surface area contributed by atoms with E-state index in [0.29, 0.717) is 18.8 Å². The first-order valence-corrected chi connectivity index (χ1v) is 9.23. The third kappa shape index (κ3) is 3.81. The van der Waals surface area contributed by atoms with Gasteiger partial charge in [-0.05, 0) is 60.2 Å². The second-order valence-electron chi connectivity index (χ2n) is 5.76. The van der Waals surface area contributed by atoms with Crippen molar-refractivity contribution in [2.45, 2.75) is 44.9 Å². The van der Waals surface area contributed by atoms with Crippen molar-refractivity contribution in [1.29, 1.82) is 0 Å². The molecule has 21 heavy (non-hydrogen) atoms. The minimum atomic E-state index is 0.413. The van der Waals surface area contributed by atoms with Gasteiger partial charge in [0.2, 0.25) is 0 Å². The van der Waals surface area contributed by atoms with Gasteiger partial charge in [0.25, 0.3) is 0 Å². The molecule has 5 heteroatoms. The molecule has 1 aromatic rings. The maximum Gasteiger partial charge on any atom is 0.138 e. The van der Waals surface area contributed by atoms with Gasteiger partial charge in [-0.15, -0.1) is 0 Å². The van der Waals surface area contributed by atoms with E-state index in [-0.39, 0.29) is 0 Å². The normalized spacial score (nSPS) is 25.3. The lowest BCUT2D eigenvalue weighted by molar-refractivity contribution is 0.0808. The minimum Gasteiger partial charge on any atom is -0.492 e. The first-order valence-electron chi connectivity index (χ1n) is 7.64. The van der Waals surface area contributed by atoms with Crippen molar-refractivity contribution in [2.75, 3.05) is 13.2 Å². The van der Waals surface area contributed by atoms with Crippen LogP contribution >= 0.6 is 31.9 Å². The summed E-state index contributed by atoms with van der Waals surface area (Å²) in [6.07, 6.45) is 4.18. The molecule has 1 saturated carbocycles. The van der Waals surface area contributed by atoms with E-state index in [1.165, 1.54) is 18.4 Å². The SMILES string of the molecule is CCOc1c(Br)cc(Br)cc1CNC1CCOC1C1CC1.